The highest BCUT2D eigenvalue weighted by Crippen LogP contribution is 2.31. The van der Waals surface area contributed by atoms with Crippen molar-refractivity contribution >= 4 is 18.6 Å². The van der Waals surface area contributed by atoms with Crippen molar-refractivity contribution < 1.29 is 31.2 Å². The zero-order valence-corrected chi connectivity index (χ0v) is 16.7. The third-order valence-corrected chi connectivity index (χ3v) is 4.14. The lowest BCUT2D eigenvalue weighted by Gasteiger charge is -2.14. The van der Waals surface area contributed by atoms with Crippen molar-refractivity contribution in [3.05, 3.63) is 89.5 Å². The smallest absolute Gasteiger partial charge is 0.497 e. The minimum Gasteiger partial charge on any atom is -0.497 e. The maximum atomic E-state index is 9.75. The molecular formula is C22H21BF4O3. The van der Waals surface area contributed by atoms with E-state index in [1.54, 1.807) is 21.3 Å². The van der Waals surface area contributed by atoms with Crippen molar-refractivity contribution in [2.75, 3.05) is 21.3 Å². The Hall–Kier alpha value is -3.29. The number of halogens is 4. The molecular weight excluding hydrogens is 399 g/mol. The first-order chi connectivity index (χ1) is 14.2. The van der Waals surface area contributed by atoms with E-state index >= 15 is 0 Å². The van der Waals surface area contributed by atoms with Gasteiger partial charge in [0.05, 0.1) is 14.2 Å². The first-order valence-corrected chi connectivity index (χ1v) is 8.92. The Bertz CT molecular complexity index is 884. The van der Waals surface area contributed by atoms with Gasteiger partial charge < -0.3 is 26.7 Å². The lowest BCUT2D eigenvalue weighted by Crippen LogP contribution is -2.02. The largest absolute Gasteiger partial charge is 0.673 e. The number of ketones is 1. The van der Waals surface area contributed by atoms with E-state index < -0.39 is 7.25 Å². The molecule has 0 fully saturated rings. The molecule has 0 radical (unpaired) electrons. The van der Waals surface area contributed by atoms with Gasteiger partial charge in [0, 0.05) is 12.2 Å². The first kappa shape index (κ1) is 23.0. The quantitative estimate of drug-likeness (QED) is 0.363. The van der Waals surface area contributed by atoms with Gasteiger partial charge in [-0.05, 0) is 58.7 Å². The lowest BCUT2D eigenvalue weighted by atomic mass is 9.91. The highest BCUT2D eigenvalue weighted by Gasteiger charge is 2.20. The van der Waals surface area contributed by atoms with Crippen LogP contribution in [0.1, 0.15) is 11.1 Å². The molecule has 0 spiro atoms. The molecule has 8 heteroatoms. The Labute approximate surface area is 172 Å². The van der Waals surface area contributed by atoms with Gasteiger partial charge in [0.2, 0.25) is 0 Å². The monoisotopic (exact) mass is 420 g/mol. The van der Waals surface area contributed by atoms with Crippen LogP contribution in [0.4, 0.5) is 17.3 Å². The Morgan fingerprint density at radius 1 is 0.700 bits per heavy atom. The van der Waals surface area contributed by atoms with E-state index in [2.05, 4.69) is 36.4 Å². The molecule has 0 heterocycles. The van der Waals surface area contributed by atoms with Gasteiger partial charge >= 0.3 is 13.0 Å². The van der Waals surface area contributed by atoms with E-state index in [-0.39, 0.29) is 0 Å². The van der Waals surface area contributed by atoms with Gasteiger partial charge in [-0.3, -0.25) is 4.42 Å². The Morgan fingerprint density at radius 3 is 1.37 bits per heavy atom. The molecule has 158 valence electrons. The second-order valence-electron chi connectivity index (χ2n) is 6.06. The van der Waals surface area contributed by atoms with Crippen LogP contribution in [-0.2, 0) is 4.42 Å². The molecule has 0 amide bonds. The summed E-state index contributed by atoms with van der Waals surface area (Å²) in [5.74, 6) is 2.52. The molecule has 30 heavy (non-hydrogen) atoms. The number of hydrogen-bond donors (Lipinski definition) is 0. The van der Waals surface area contributed by atoms with Crippen molar-refractivity contribution in [2.45, 2.75) is 0 Å². The standard InChI is InChI=1S/C22H21O3.BF4/c1-23-19-10-4-16(5-11-19)22(17-6-12-20(24-2)13-7-17)18-8-14-21(25-3)15-9-18;2-1(3,4)5/h4-15H,1-3H3;/q+1;-1. The molecule has 0 aliphatic heterocycles. The Balaban J connectivity index is 0.000000575. The van der Waals surface area contributed by atoms with Gasteiger partial charge in [0.1, 0.15) is 11.5 Å². The number of allylic oxidation sites excluding steroid dienone is 5. The maximum Gasteiger partial charge on any atom is 0.673 e. The normalized spacial score (nSPS) is 12.8. The molecule has 0 atom stereocenters. The van der Waals surface area contributed by atoms with Crippen LogP contribution in [0.3, 0.4) is 0 Å². The molecule has 0 N–H and O–H groups in total. The minimum atomic E-state index is -6.00. The van der Waals surface area contributed by atoms with Crippen LogP contribution in [0, 0.1) is 0 Å². The topological polar surface area (TPSA) is 29.8 Å². The van der Waals surface area contributed by atoms with Crippen LogP contribution in [0.15, 0.2) is 78.4 Å². The van der Waals surface area contributed by atoms with Gasteiger partial charge in [-0.1, -0.05) is 24.3 Å². The second kappa shape index (κ2) is 10.5. The van der Waals surface area contributed by atoms with Gasteiger partial charge in [-0.15, -0.1) is 0 Å². The van der Waals surface area contributed by atoms with Crippen molar-refractivity contribution in [3.8, 4) is 11.5 Å². The van der Waals surface area contributed by atoms with Crippen molar-refractivity contribution in [2.24, 2.45) is 0 Å². The Morgan fingerprint density at radius 2 is 1.07 bits per heavy atom. The van der Waals surface area contributed by atoms with Crippen LogP contribution < -0.4 is 9.47 Å². The number of methoxy groups -OCH3 is 2. The summed E-state index contributed by atoms with van der Waals surface area (Å²) in [5.41, 5.74) is 4.51. The van der Waals surface area contributed by atoms with E-state index in [9.17, 15) is 17.3 Å². The fourth-order valence-corrected chi connectivity index (χ4v) is 2.77. The summed E-state index contributed by atoms with van der Waals surface area (Å²) in [6.07, 6.45) is 8.09. The third kappa shape index (κ3) is 6.95. The molecule has 0 saturated carbocycles. The average molecular weight is 420 g/mol. The Kier molecular flexibility index (Phi) is 8.03. The van der Waals surface area contributed by atoms with E-state index in [0.29, 0.717) is 0 Å². The SMILES string of the molecule is COc1ccc(C(=C2C=CC(=[O+]C)C=C2)c2ccc(OC)cc2)cc1.F[B-](F)(F)F. The predicted molar refractivity (Wildman–Crippen MR) is 111 cm³/mol. The minimum absolute atomic E-state index is 0.840. The van der Waals surface area contributed by atoms with E-state index in [1.807, 2.05) is 36.4 Å². The van der Waals surface area contributed by atoms with Gasteiger partial charge in [-0.2, -0.15) is 0 Å². The molecule has 2 aromatic carbocycles. The summed E-state index contributed by atoms with van der Waals surface area (Å²) in [7, 11) is -0.980. The van der Waals surface area contributed by atoms with Gasteiger partial charge in [0.25, 0.3) is 7.11 Å². The highest BCUT2D eigenvalue weighted by atomic mass is 19.5. The number of hydrogen-bond acceptors (Lipinski definition) is 2. The van der Waals surface area contributed by atoms with Crippen LogP contribution in [-0.4, -0.2) is 34.4 Å². The number of carbonyl (C=O) groups excluding carboxylic acids is 1. The summed E-state index contributed by atoms with van der Waals surface area (Å²) in [6.45, 7) is 0. The predicted octanol–water partition coefficient (Wildman–Crippen LogP) is 5.67. The lowest BCUT2D eigenvalue weighted by molar-refractivity contribution is -0.417. The molecule has 0 bridgehead atoms. The fraction of sp³-hybridized carbons (Fsp3) is 0.136. The number of benzene rings is 2. The van der Waals surface area contributed by atoms with Gasteiger partial charge in [0.15, 0.2) is 0 Å². The van der Waals surface area contributed by atoms with Crippen LogP contribution in [0.5, 0.6) is 11.5 Å². The summed E-state index contributed by atoms with van der Waals surface area (Å²) in [4.78, 5) is 0. The summed E-state index contributed by atoms with van der Waals surface area (Å²) in [6, 6.07) is 16.2. The van der Waals surface area contributed by atoms with Crippen LogP contribution >= 0.6 is 0 Å². The molecule has 0 unspecified atom stereocenters. The van der Waals surface area contributed by atoms with Crippen molar-refractivity contribution in [1.82, 2.24) is 0 Å². The zero-order chi connectivity index (χ0) is 22.1. The van der Waals surface area contributed by atoms with Crippen LogP contribution in [0.2, 0.25) is 0 Å². The highest BCUT2D eigenvalue weighted by molar-refractivity contribution is 6.50. The summed E-state index contributed by atoms with van der Waals surface area (Å²) in [5, 5.41) is 0. The summed E-state index contributed by atoms with van der Waals surface area (Å²) < 4.78 is 54.8. The van der Waals surface area contributed by atoms with Crippen LogP contribution in [0.25, 0.3) is 5.57 Å². The van der Waals surface area contributed by atoms with E-state index in [0.717, 1.165) is 39.6 Å². The molecule has 0 saturated heterocycles. The van der Waals surface area contributed by atoms with Gasteiger partial charge in [-0.25, -0.2) is 0 Å². The van der Waals surface area contributed by atoms with Crippen molar-refractivity contribution in [3.63, 3.8) is 0 Å². The molecule has 2 aromatic rings. The molecule has 0 aromatic heterocycles. The molecule has 3 nitrogen and oxygen atoms in total. The fourth-order valence-electron chi connectivity index (χ4n) is 2.77. The van der Waals surface area contributed by atoms with Crippen molar-refractivity contribution in [1.29, 1.82) is 0 Å². The van der Waals surface area contributed by atoms with E-state index in [1.165, 1.54) is 0 Å². The average Bonchev–Trinajstić information content (AvgIpc) is 2.74. The first-order valence-electron chi connectivity index (χ1n) is 8.92. The molecule has 1 aliphatic rings. The second-order valence-corrected chi connectivity index (χ2v) is 6.06. The zero-order valence-electron chi connectivity index (χ0n) is 16.7. The summed E-state index contributed by atoms with van der Waals surface area (Å²) >= 11 is 0. The maximum absolute atomic E-state index is 9.75. The van der Waals surface area contributed by atoms with E-state index in [4.69, 9.17) is 13.9 Å². The number of ether oxygens (including phenoxy) is 2. The molecule has 3 rings (SSSR count). The molecule has 1 aliphatic carbocycles. The number of rotatable bonds is 4. The third-order valence-electron chi connectivity index (χ3n) is 4.14.